The molecule has 0 bridgehead atoms. The first kappa shape index (κ1) is 15.1. The Hall–Kier alpha value is -0.330. The van der Waals surface area contributed by atoms with Crippen LogP contribution in [0.2, 0.25) is 10.0 Å². The Bertz CT molecular complexity index is 543. The van der Waals surface area contributed by atoms with Crippen molar-refractivity contribution in [3.05, 3.63) is 28.2 Å². The first-order valence-electron chi connectivity index (χ1n) is 6.14. The molecule has 1 saturated heterocycles. The highest BCUT2D eigenvalue weighted by atomic mass is 35.5. The van der Waals surface area contributed by atoms with Crippen LogP contribution in [0.5, 0.6) is 0 Å². The molecule has 2 N–H and O–H groups in total. The minimum Gasteiger partial charge on any atom is -0.316 e. The van der Waals surface area contributed by atoms with E-state index in [1.165, 1.54) is 18.2 Å². The number of hydrogen-bond donors (Lipinski definition) is 2. The average molecular weight is 323 g/mol. The number of piperidine rings is 1. The van der Waals surface area contributed by atoms with E-state index in [0.29, 0.717) is 17.5 Å². The lowest BCUT2D eigenvalue weighted by atomic mass is 10.0. The molecule has 4 nitrogen and oxygen atoms in total. The molecule has 0 radical (unpaired) electrons. The van der Waals surface area contributed by atoms with Crippen LogP contribution >= 0.6 is 23.2 Å². The smallest absolute Gasteiger partial charge is 0.242 e. The van der Waals surface area contributed by atoms with E-state index >= 15 is 0 Å². The van der Waals surface area contributed by atoms with Crippen molar-refractivity contribution >= 4 is 33.2 Å². The van der Waals surface area contributed by atoms with E-state index in [4.69, 9.17) is 23.2 Å². The standard InChI is InChI=1S/C12H16Cl2N2O2S/c13-10-3-4-12(11(14)6-10)19(17,18)16-8-9-2-1-5-15-7-9/h3-4,6,9,15-16H,1-2,5,7-8H2. The molecule has 0 amide bonds. The Balaban J connectivity index is 2.05. The van der Waals surface area contributed by atoms with Gasteiger partial charge in [0, 0.05) is 11.6 Å². The Morgan fingerprint density at radius 2 is 2.16 bits per heavy atom. The monoisotopic (exact) mass is 322 g/mol. The number of sulfonamides is 1. The van der Waals surface area contributed by atoms with Gasteiger partial charge in [-0.3, -0.25) is 0 Å². The molecule has 2 rings (SSSR count). The Kier molecular flexibility index (Phi) is 5.09. The minimum absolute atomic E-state index is 0.0716. The van der Waals surface area contributed by atoms with Gasteiger partial charge in [0.1, 0.15) is 4.90 Å². The topological polar surface area (TPSA) is 58.2 Å². The predicted molar refractivity (Wildman–Crippen MR) is 77.2 cm³/mol. The van der Waals surface area contributed by atoms with Crippen molar-refractivity contribution in [3.8, 4) is 0 Å². The van der Waals surface area contributed by atoms with Crippen molar-refractivity contribution in [2.45, 2.75) is 17.7 Å². The molecule has 7 heteroatoms. The molecular weight excluding hydrogens is 307 g/mol. The summed E-state index contributed by atoms with van der Waals surface area (Å²) >= 11 is 11.7. The first-order chi connectivity index (χ1) is 8.99. The highest BCUT2D eigenvalue weighted by Gasteiger charge is 2.20. The van der Waals surface area contributed by atoms with Gasteiger partial charge in [0.05, 0.1) is 5.02 Å². The first-order valence-corrected chi connectivity index (χ1v) is 8.38. The largest absolute Gasteiger partial charge is 0.316 e. The molecule has 106 valence electrons. The van der Waals surface area contributed by atoms with Crippen molar-refractivity contribution in [3.63, 3.8) is 0 Å². The molecule has 1 heterocycles. The SMILES string of the molecule is O=S(=O)(NCC1CCCNC1)c1ccc(Cl)cc1Cl. The second-order valence-electron chi connectivity index (χ2n) is 4.64. The van der Waals surface area contributed by atoms with Crippen LogP contribution in [0.3, 0.4) is 0 Å². The zero-order valence-electron chi connectivity index (χ0n) is 10.3. The fourth-order valence-corrected chi connectivity index (χ4v) is 3.98. The molecule has 0 aliphatic carbocycles. The van der Waals surface area contributed by atoms with Gasteiger partial charge in [-0.05, 0) is 50.0 Å². The Labute approximate surface area is 123 Å². The molecule has 1 aliphatic rings. The normalized spacial score (nSPS) is 20.4. The van der Waals surface area contributed by atoms with Crippen LogP contribution in [-0.4, -0.2) is 28.1 Å². The van der Waals surface area contributed by atoms with Crippen LogP contribution in [0.1, 0.15) is 12.8 Å². The van der Waals surface area contributed by atoms with E-state index in [1.54, 1.807) is 0 Å². The van der Waals surface area contributed by atoms with Gasteiger partial charge in [0.15, 0.2) is 0 Å². The van der Waals surface area contributed by atoms with Crippen molar-refractivity contribution in [2.75, 3.05) is 19.6 Å². The lowest BCUT2D eigenvalue weighted by molar-refractivity contribution is 0.376. The van der Waals surface area contributed by atoms with E-state index < -0.39 is 10.0 Å². The summed E-state index contributed by atoms with van der Waals surface area (Å²) in [5.74, 6) is 0.328. The van der Waals surface area contributed by atoms with Crippen molar-refractivity contribution in [1.29, 1.82) is 0 Å². The van der Waals surface area contributed by atoms with E-state index in [-0.39, 0.29) is 9.92 Å². The van der Waals surface area contributed by atoms with Crippen molar-refractivity contribution in [2.24, 2.45) is 5.92 Å². The maximum Gasteiger partial charge on any atom is 0.242 e. The molecule has 1 aromatic rings. The van der Waals surface area contributed by atoms with E-state index in [2.05, 4.69) is 10.0 Å². The molecule has 19 heavy (non-hydrogen) atoms. The lowest BCUT2D eigenvalue weighted by Gasteiger charge is -2.22. The van der Waals surface area contributed by atoms with E-state index in [9.17, 15) is 8.42 Å². The minimum atomic E-state index is -3.58. The van der Waals surface area contributed by atoms with Gasteiger partial charge in [-0.15, -0.1) is 0 Å². The molecule has 0 saturated carbocycles. The zero-order chi connectivity index (χ0) is 13.9. The van der Waals surface area contributed by atoms with Crippen molar-refractivity contribution < 1.29 is 8.42 Å². The van der Waals surface area contributed by atoms with Gasteiger partial charge in [-0.1, -0.05) is 23.2 Å². The maximum atomic E-state index is 12.1. The predicted octanol–water partition coefficient (Wildman–Crippen LogP) is 2.27. The Morgan fingerprint density at radius 1 is 1.37 bits per heavy atom. The van der Waals surface area contributed by atoms with Gasteiger partial charge >= 0.3 is 0 Å². The Morgan fingerprint density at radius 3 is 2.79 bits per heavy atom. The summed E-state index contributed by atoms with van der Waals surface area (Å²) in [6.07, 6.45) is 2.11. The lowest BCUT2D eigenvalue weighted by Crippen LogP contribution is -2.38. The summed E-state index contributed by atoms with van der Waals surface area (Å²) in [6, 6.07) is 4.37. The molecule has 1 unspecified atom stereocenters. The van der Waals surface area contributed by atoms with E-state index in [1.807, 2.05) is 0 Å². The number of rotatable bonds is 4. The fourth-order valence-electron chi connectivity index (χ4n) is 2.10. The zero-order valence-corrected chi connectivity index (χ0v) is 12.7. The molecule has 1 fully saturated rings. The molecular formula is C12H16Cl2N2O2S. The third kappa shape index (κ3) is 4.07. The second-order valence-corrected chi connectivity index (χ2v) is 7.22. The quantitative estimate of drug-likeness (QED) is 0.894. The van der Waals surface area contributed by atoms with Gasteiger partial charge in [-0.25, -0.2) is 13.1 Å². The summed E-state index contributed by atoms with van der Waals surface area (Å²) in [5.41, 5.74) is 0. The number of hydrogen-bond acceptors (Lipinski definition) is 3. The van der Waals surface area contributed by atoms with E-state index in [0.717, 1.165) is 25.9 Å². The van der Waals surface area contributed by atoms with Gasteiger partial charge in [0.25, 0.3) is 0 Å². The van der Waals surface area contributed by atoms with Crippen LogP contribution in [0.4, 0.5) is 0 Å². The van der Waals surface area contributed by atoms with Crippen LogP contribution in [0.15, 0.2) is 23.1 Å². The summed E-state index contributed by atoms with van der Waals surface area (Å²) in [7, 11) is -3.58. The highest BCUT2D eigenvalue weighted by molar-refractivity contribution is 7.89. The van der Waals surface area contributed by atoms with Gasteiger partial charge < -0.3 is 5.32 Å². The van der Waals surface area contributed by atoms with Crippen LogP contribution in [0, 0.1) is 5.92 Å². The molecule has 1 aliphatic heterocycles. The van der Waals surface area contributed by atoms with Gasteiger partial charge in [0.2, 0.25) is 10.0 Å². The molecule has 1 atom stereocenters. The summed E-state index contributed by atoms with van der Waals surface area (Å²) in [4.78, 5) is 0.0716. The summed E-state index contributed by atoms with van der Waals surface area (Å²) < 4.78 is 26.9. The fraction of sp³-hybridized carbons (Fsp3) is 0.500. The average Bonchev–Trinajstić information content (AvgIpc) is 2.37. The summed E-state index contributed by atoms with van der Waals surface area (Å²) in [5, 5.41) is 3.81. The molecule has 0 aromatic heterocycles. The van der Waals surface area contributed by atoms with Crippen LogP contribution < -0.4 is 10.0 Å². The third-order valence-electron chi connectivity index (χ3n) is 3.14. The van der Waals surface area contributed by atoms with Crippen LogP contribution in [0.25, 0.3) is 0 Å². The second kappa shape index (κ2) is 6.41. The van der Waals surface area contributed by atoms with Crippen molar-refractivity contribution in [1.82, 2.24) is 10.0 Å². The summed E-state index contributed by atoms with van der Waals surface area (Å²) in [6.45, 7) is 2.28. The number of benzene rings is 1. The van der Waals surface area contributed by atoms with Crippen LogP contribution in [-0.2, 0) is 10.0 Å². The molecule has 0 spiro atoms. The van der Waals surface area contributed by atoms with Gasteiger partial charge in [-0.2, -0.15) is 0 Å². The molecule has 1 aromatic carbocycles. The highest BCUT2D eigenvalue weighted by Crippen LogP contribution is 2.25. The number of halogens is 2. The number of nitrogens with one attached hydrogen (secondary N) is 2. The third-order valence-corrected chi connectivity index (χ3v) is 5.29. The maximum absolute atomic E-state index is 12.1.